The predicted octanol–water partition coefficient (Wildman–Crippen LogP) is 6.63. The van der Waals surface area contributed by atoms with Crippen LogP contribution in [0.3, 0.4) is 0 Å². The summed E-state index contributed by atoms with van der Waals surface area (Å²) in [7, 11) is 0. The molecule has 0 unspecified atom stereocenters. The number of carbonyl (C=O) groups excluding carboxylic acids is 2. The minimum atomic E-state index is -0.663. The summed E-state index contributed by atoms with van der Waals surface area (Å²) >= 11 is 9.55. The van der Waals surface area contributed by atoms with Gasteiger partial charge in [0.25, 0.3) is 5.91 Å². The fourth-order valence-electron chi connectivity index (χ4n) is 3.52. The van der Waals surface area contributed by atoms with Crippen molar-refractivity contribution in [2.24, 2.45) is 0 Å². The summed E-state index contributed by atoms with van der Waals surface area (Å²) in [6.07, 6.45) is 6.01. The van der Waals surface area contributed by atoms with Gasteiger partial charge in [0.15, 0.2) is 5.82 Å². The molecular weight excluding hydrogens is 548 g/mol. The number of pyridine rings is 1. The van der Waals surface area contributed by atoms with Crippen molar-refractivity contribution < 1.29 is 14.3 Å². The molecule has 2 aromatic heterocycles. The molecule has 2 N–H and O–H groups in total. The van der Waals surface area contributed by atoms with Gasteiger partial charge in [-0.2, -0.15) is 10.4 Å². The Morgan fingerprint density at radius 1 is 1.19 bits per heavy atom. The lowest BCUT2D eigenvalue weighted by Crippen LogP contribution is -2.21. The number of nitrogens with zero attached hydrogens (tertiary/aromatic N) is 4. The van der Waals surface area contributed by atoms with Crippen LogP contribution >= 0.6 is 27.5 Å². The van der Waals surface area contributed by atoms with Crippen LogP contribution in [0.15, 0.2) is 41.1 Å². The van der Waals surface area contributed by atoms with Crippen molar-refractivity contribution in [1.82, 2.24) is 14.8 Å². The second kappa shape index (κ2) is 13.0. The quantitative estimate of drug-likeness (QED) is 0.262. The molecule has 2 amide bonds. The number of nitriles is 1. The Labute approximate surface area is 222 Å². The molecule has 0 fully saturated rings. The Kier molecular flexibility index (Phi) is 9.85. The highest BCUT2D eigenvalue weighted by atomic mass is 79.9. The Morgan fingerprint density at radius 3 is 2.69 bits per heavy atom. The zero-order valence-electron chi connectivity index (χ0n) is 20.0. The Morgan fingerprint density at radius 2 is 1.97 bits per heavy atom. The second-order valence-electron chi connectivity index (χ2n) is 8.03. The van der Waals surface area contributed by atoms with Crippen LogP contribution in [-0.2, 0) is 4.74 Å². The van der Waals surface area contributed by atoms with E-state index >= 15 is 0 Å². The maximum absolute atomic E-state index is 13.3. The van der Waals surface area contributed by atoms with Gasteiger partial charge in [-0.05, 0) is 59.1 Å². The molecule has 1 aromatic carbocycles. The van der Waals surface area contributed by atoms with Crippen LogP contribution in [0, 0.1) is 18.3 Å². The maximum atomic E-state index is 13.3. The molecule has 188 valence electrons. The number of anilines is 2. The zero-order valence-corrected chi connectivity index (χ0v) is 22.3. The third-order valence-electron chi connectivity index (χ3n) is 5.27. The van der Waals surface area contributed by atoms with Gasteiger partial charge in [-0.1, -0.05) is 44.2 Å². The first-order chi connectivity index (χ1) is 17.3. The molecule has 0 atom stereocenters. The first kappa shape index (κ1) is 27.2. The molecule has 3 aromatic rings. The minimum absolute atomic E-state index is 0.159. The summed E-state index contributed by atoms with van der Waals surface area (Å²) < 4.78 is 7.02. The van der Waals surface area contributed by atoms with Gasteiger partial charge in [0.1, 0.15) is 10.3 Å². The Hall–Kier alpha value is -3.42. The van der Waals surface area contributed by atoms with Gasteiger partial charge in [-0.3, -0.25) is 10.1 Å². The number of hydrogen-bond donors (Lipinski definition) is 2. The van der Waals surface area contributed by atoms with E-state index in [1.54, 1.807) is 31.3 Å². The molecule has 36 heavy (non-hydrogen) atoms. The summed E-state index contributed by atoms with van der Waals surface area (Å²) in [5, 5.41) is 19.5. The van der Waals surface area contributed by atoms with Gasteiger partial charge in [0.05, 0.1) is 34.6 Å². The van der Waals surface area contributed by atoms with Crippen LogP contribution in [0.4, 0.5) is 16.2 Å². The van der Waals surface area contributed by atoms with Crippen LogP contribution < -0.4 is 10.6 Å². The zero-order chi connectivity index (χ0) is 26.1. The topological polar surface area (TPSA) is 122 Å². The normalized spacial score (nSPS) is 10.5. The van der Waals surface area contributed by atoms with Gasteiger partial charge in [-0.15, -0.1) is 0 Å². The summed E-state index contributed by atoms with van der Waals surface area (Å²) in [4.78, 5) is 29.9. The Balaban J connectivity index is 1.81. The fourth-order valence-corrected chi connectivity index (χ4v) is 4.10. The number of carbonyl (C=O) groups is 2. The van der Waals surface area contributed by atoms with Crippen molar-refractivity contribution in [3.8, 4) is 11.9 Å². The van der Waals surface area contributed by atoms with Crippen molar-refractivity contribution in [2.45, 2.75) is 46.0 Å². The van der Waals surface area contributed by atoms with Crippen molar-refractivity contribution in [2.75, 3.05) is 17.2 Å². The third kappa shape index (κ3) is 7.06. The first-order valence-corrected chi connectivity index (χ1v) is 12.7. The van der Waals surface area contributed by atoms with E-state index < -0.39 is 12.0 Å². The monoisotopic (exact) mass is 572 g/mol. The molecular formula is C25H26BrClN6O3. The molecule has 9 nitrogen and oxygen atoms in total. The number of nitrogens with one attached hydrogen (secondary N) is 2. The number of amides is 2. The highest BCUT2D eigenvalue weighted by molar-refractivity contribution is 9.10. The molecule has 3 rings (SSSR count). The number of unbranched alkanes of at least 4 members (excludes halogenated alkanes) is 4. The van der Waals surface area contributed by atoms with Crippen molar-refractivity contribution >= 4 is 50.9 Å². The summed E-state index contributed by atoms with van der Waals surface area (Å²) in [5.41, 5.74) is 1.64. The molecule has 0 saturated carbocycles. The highest BCUT2D eigenvalue weighted by Gasteiger charge is 2.21. The van der Waals surface area contributed by atoms with E-state index in [0.29, 0.717) is 26.4 Å². The number of ether oxygens (including phenoxy) is 1. The Bertz CT molecular complexity index is 1290. The number of benzene rings is 1. The first-order valence-electron chi connectivity index (χ1n) is 11.5. The smallest absolute Gasteiger partial charge is 0.411 e. The van der Waals surface area contributed by atoms with Crippen molar-refractivity contribution in [1.29, 1.82) is 5.26 Å². The predicted molar refractivity (Wildman–Crippen MR) is 142 cm³/mol. The van der Waals surface area contributed by atoms with E-state index in [1.165, 1.54) is 16.8 Å². The summed E-state index contributed by atoms with van der Waals surface area (Å²) in [5.74, 6) is -0.234. The van der Waals surface area contributed by atoms with E-state index in [0.717, 1.165) is 32.1 Å². The van der Waals surface area contributed by atoms with E-state index in [4.69, 9.17) is 16.3 Å². The van der Waals surface area contributed by atoms with Gasteiger partial charge < -0.3 is 10.1 Å². The highest BCUT2D eigenvalue weighted by Crippen LogP contribution is 2.29. The van der Waals surface area contributed by atoms with Gasteiger partial charge in [0.2, 0.25) is 0 Å². The second-order valence-corrected chi connectivity index (χ2v) is 9.25. The number of hydrogen-bond acceptors (Lipinski definition) is 6. The van der Waals surface area contributed by atoms with E-state index in [1.807, 2.05) is 0 Å². The van der Waals surface area contributed by atoms with Crippen LogP contribution in [0.25, 0.3) is 5.82 Å². The molecule has 0 aliphatic rings. The van der Waals surface area contributed by atoms with Gasteiger partial charge >= 0.3 is 6.09 Å². The molecule has 0 aliphatic carbocycles. The molecule has 0 spiro atoms. The largest absolute Gasteiger partial charge is 0.449 e. The molecule has 2 heterocycles. The molecule has 0 aliphatic heterocycles. The fraction of sp³-hybridized carbons (Fsp3) is 0.320. The van der Waals surface area contributed by atoms with E-state index in [9.17, 15) is 14.9 Å². The summed E-state index contributed by atoms with van der Waals surface area (Å²) in [6, 6.07) is 9.99. The standard InChI is InChI=1S/C25H26BrClN6O3/c1-3-4-5-6-7-11-36-25(35)30-19-13-17(15-28)12-16(2)22(19)31-24(34)20-14-21(26)32-33(20)23-18(27)9-8-10-29-23/h8-10,12-14H,3-7,11H2,1-2H3,(H,30,35)(H,31,34). The minimum Gasteiger partial charge on any atom is -0.449 e. The average molecular weight is 574 g/mol. The summed E-state index contributed by atoms with van der Waals surface area (Å²) in [6.45, 7) is 4.15. The van der Waals surface area contributed by atoms with Crippen molar-refractivity contribution in [3.63, 3.8) is 0 Å². The SMILES string of the molecule is CCCCCCCOC(=O)Nc1cc(C#N)cc(C)c1NC(=O)c1cc(Br)nn1-c1ncccc1Cl. The average Bonchev–Trinajstić information content (AvgIpc) is 3.24. The number of halogens is 2. The van der Waals surface area contributed by atoms with E-state index in [-0.39, 0.29) is 23.8 Å². The van der Waals surface area contributed by atoms with Gasteiger partial charge in [-0.25, -0.2) is 14.5 Å². The third-order valence-corrected chi connectivity index (χ3v) is 5.96. The van der Waals surface area contributed by atoms with Crippen LogP contribution in [0.2, 0.25) is 5.02 Å². The van der Waals surface area contributed by atoms with E-state index in [2.05, 4.69) is 49.6 Å². The lowest BCUT2D eigenvalue weighted by molar-refractivity contribution is 0.101. The number of aromatic nitrogens is 3. The lowest BCUT2D eigenvalue weighted by atomic mass is 10.1. The number of aryl methyl sites for hydroxylation is 1. The van der Waals surface area contributed by atoms with Crippen LogP contribution in [0.5, 0.6) is 0 Å². The number of rotatable bonds is 10. The van der Waals surface area contributed by atoms with Crippen LogP contribution in [-0.4, -0.2) is 33.4 Å². The van der Waals surface area contributed by atoms with Crippen LogP contribution in [0.1, 0.15) is 60.6 Å². The van der Waals surface area contributed by atoms with Gasteiger partial charge in [0, 0.05) is 12.3 Å². The molecule has 11 heteroatoms. The molecule has 0 saturated heterocycles. The maximum Gasteiger partial charge on any atom is 0.411 e. The lowest BCUT2D eigenvalue weighted by Gasteiger charge is -2.16. The van der Waals surface area contributed by atoms with Crippen molar-refractivity contribution in [3.05, 3.63) is 63.0 Å². The molecule has 0 radical (unpaired) electrons. The molecule has 0 bridgehead atoms.